The van der Waals surface area contributed by atoms with E-state index in [9.17, 15) is 9.59 Å². The summed E-state index contributed by atoms with van der Waals surface area (Å²) in [4.78, 5) is 24.5. The lowest BCUT2D eigenvalue weighted by Gasteiger charge is -2.10. The van der Waals surface area contributed by atoms with Gasteiger partial charge >= 0.3 is 11.9 Å². The molecule has 0 aliphatic heterocycles. The molecule has 2 aromatic carbocycles. The minimum atomic E-state index is -0.478. The quantitative estimate of drug-likeness (QED) is 0.234. The van der Waals surface area contributed by atoms with E-state index in [2.05, 4.69) is 15.8 Å². The standard InChI is InChI=1S/C23H23O4P/c1-5-17(9-6-15(2)3)22(24)26-19-12-13-20(21(28)14-19)27-23(25)18-10-7-16(4)8-11-18/h5-14H,2,28H2,1,3-4H3/b9-6-,17-5+. The molecule has 0 bridgehead atoms. The van der Waals surface area contributed by atoms with E-state index < -0.39 is 11.9 Å². The van der Waals surface area contributed by atoms with Crippen LogP contribution in [-0.4, -0.2) is 11.9 Å². The van der Waals surface area contributed by atoms with Crippen LogP contribution >= 0.6 is 9.24 Å². The SMILES string of the molecule is C=C(C)/C=C\C(=C/C)C(=O)Oc1ccc(OC(=O)c2ccc(C)cc2)c(P)c1. The van der Waals surface area contributed by atoms with Gasteiger partial charge in [-0.3, -0.25) is 0 Å². The van der Waals surface area contributed by atoms with E-state index in [0.717, 1.165) is 11.1 Å². The van der Waals surface area contributed by atoms with E-state index in [1.807, 2.05) is 26.0 Å². The highest BCUT2D eigenvalue weighted by Crippen LogP contribution is 2.20. The predicted molar refractivity (Wildman–Crippen MR) is 115 cm³/mol. The van der Waals surface area contributed by atoms with Gasteiger partial charge in [0.15, 0.2) is 0 Å². The summed E-state index contributed by atoms with van der Waals surface area (Å²) in [7, 11) is 2.48. The number of hydrogen-bond acceptors (Lipinski definition) is 4. The lowest BCUT2D eigenvalue weighted by atomic mass is 10.1. The molecule has 0 amide bonds. The first-order valence-electron chi connectivity index (χ1n) is 8.70. The average molecular weight is 394 g/mol. The van der Waals surface area contributed by atoms with Crippen LogP contribution in [0.4, 0.5) is 0 Å². The van der Waals surface area contributed by atoms with Crippen molar-refractivity contribution in [3.63, 3.8) is 0 Å². The maximum Gasteiger partial charge on any atom is 0.343 e. The zero-order chi connectivity index (χ0) is 20.7. The first-order chi connectivity index (χ1) is 13.3. The Labute approximate surface area is 167 Å². The number of rotatable bonds is 6. The average Bonchev–Trinajstić information content (AvgIpc) is 2.64. The Hall–Kier alpha value is -2.97. The summed E-state index contributed by atoms with van der Waals surface area (Å²) in [5, 5.41) is 0.602. The molecule has 0 aliphatic carbocycles. The molecule has 0 heterocycles. The Bertz CT molecular complexity index is 953. The third kappa shape index (κ3) is 6.04. The molecule has 4 nitrogen and oxygen atoms in total. The number of allylic oxidation sites excluding steroid dienone is 3. The van der Waals surface area contributed by atoms with Crippen LogP contribution in [0.15, 0.2) is 78.4 Å². The van der Waals surface area contributed by atoms with Crippen molar-refractivity contribution in [3.05, 3.63) is 89.5 Å². The van der Waals surface area contributed by atoms with Crippen LogP contribution in [-0.2, 0) is 4.79 Å². The van der Waals surface area contributed by atoms with E-state index in [1.165, 1.54) is 0 Å². The van der Waals surface area contributed by atoms with Gasteiger partial charge < -0.3 is 9.47 Å². The molecule has 0 spiro atoms. The molecule has 5 heteroatoms. The van der Waals surface area contributed by atoms with Gasteiger partial charge in [-0.2, -0.15) is 0 Å². The first-order valence-corrected chi connectivity index (χ1v) is 9.28. The van der Waals surface area contributed by atoms with E-state index in [0.29, 0.717) is 27.9 Å². The lowest BCUT2D eigenvalue weighted by Crippen LogP contribution is -2.14. The smallest absolute Gasteiger partial charge is 0.343 e. The Balaban J connectivity index is 2.09. The van der Waals surface area contributed by atoms with Gasteiger partial charge in [0.1, 0.15) is 11.5 Å². The van der Waals surface area contributed by atoms with Gasteiger partial charge in [0.25, 0.3) is 0 Å². The van der Waals surface area contributed by atoms with E-state index >= 15 is 0 Å². The maximum absolute atomic E-state index is 12.3. The largest absolute Gasteiger partial charge is 0.423 e. The van der Waals surface area contributed by atoms with Gasteiger partial charge in [-0.25, -0.2) is 9.59 Å². The summed E-state index contributed by atoms with van der Waals surface area (Å²) in [5.41, 5.74) is 2.78. The van der Waals surface area contributed by atoms with Crippen LogP contribution in [0, 0.1) is 6.92 Å². The van der Waals surface area contributed by atoms with Crippen molar-refractivity contribution < 1.29 is 19.1 Å². The second-order valence-corrected chi connectivity index (χ2v) is 6.89. The molecule has 28 heavy (non-hydrogen) atoms. The topological polar surface area (TPSA) is 52.6 Å². The Kier molecular flexibility index (Phi) is 7.48. The molecule has 0 radical (unpaired) electrons. The van der Waals surface area contributed by atoms with Crippen LogP contribution in [0.25, 0.3) is 0 Å². The summed E-state index contributed by atoms with van der Waals surface area (Å²) in [5.74, 6) is -0.194. The normalized spacial score (nSPS) is 11.4. The minimum Gasteiger partial charge on any atom is -0.423 e. The fourth-order valence-electron chi connectivity index (χ4n) is 2.21. The lowest BCUT2D eigenvalue weighted by molar-refractivity contribution is -0.129. The van der Waals surface area contributed by atoms with Crippen LogP contribution in [0.3, 0.4) is 0 Å². The number of benzene rings is 2. The van der Waals surface area contributed by atoms with Gasteiger partial charge in [-0.1, -0.05) is 42.0 Å². The molecule has 0 saturated carbocycles. The summed E-state index contributed by atoms with van der Waals surface area (Å²) in [6.07, 6.45) is 5.07. The number of carbonyl (C=O) groups excluding carboxylic acids is 2. The summed E-state index contributed by atoms with van der Waals surface area (Å²) < 4.78 is 10.8. The highest BCUT2D eigenvalue weighted by atomic mass is 31.0. The van der Waals surface area contributed by atoms with Gasteiger partial charge in [0.2, 0.25) is 0 Å². The van der Waals surface area contributed by atoms with E-state index in [-0.39, 0.29) is 0 Å². The molecular formula is C23H23O4P. The Morgan fingerprint density at radius 2 is 1.71 bits per heavy atom. The molecular weight excluding hydrogens is 371 g/mol. The predicted octanol–water partition coefficient (Wildman–Crippen LogP) is 4.70. The van der Waals surface area contributed by atoms with Crippen molar-refractivity contribution in [1.82, 2.24) is 0 Å². The third-order valence-corrected chi connectivity index (χ3v) is 4.23. The Morgan fingerprint density at radius 1 is 1.04 bits per heavy atom. The first kappa shape index (κ1) is 21.3. The molecule has 0 aliphatic rings. The zero-order valence-corrected chi connectivity index (χ0v) is 17.3. The molecule has 0 aromatic heterocycles. The number of carbonyl (C=O) groups is 2. The highest BCUT2D eigenvalue weighted by molar-refractivity contribution is 7.27. The van der Waals surface area contributed by atoms with Gasteiger partial charge in [0, 0.05) is 5.30 Å². The van der Waals surface area contributed by atoms with Gasteiger partial charge in [-0.15, -0.1) is 9.24 Å². The van der Waals surface area contributed by atoms with Crippen molar-refractivity contribution in [1.29, 1.82) is 0 Å². The van der Waals surface area contributed by atoms with Crippen LogP contribution in [0.5, 0.6) is 11.5 Å². The van der Waals surface area contributed by atoms with Crippen molar-refractivity contribution in [2.45, 2.75) is 20.8 Å². The van der Waals surface area contributed by atoms with E-state index in [4.69, 9.17) is 9.47 Å². The van der Waals surface area contributed by atoms with Crippen molar-refractivity contribution in [3.8, 4) is 11.5 Å². The fraction of sp³-hybridized carbons (Fsp3) is 0.130. The summed E-state index contributed by atoms with van der Waals surface area (Å²) in [6.45, 7) is 9.31. The van der Waals surface area contributed by atoms with Gasteiger partial charge in [-0.05, 0) is 57.2 Å². The van der Waals surface area contributed by atoms with Crippen LogP contribution < -0.4 is 14.8 Å². The van der Waals surface area contributed by atoms with E-state index in [1.54, 1.807) is 55.5 Å². The van der Waals surface area contributed by atoms with Crippen molar-refractivity contribution >= 4 is 26.5 Å². The summed E-state index contributed by atoms with van der Waals surface area (Å²) in [6, 6.07) is 11.9. The van der Waals surface area contributed by atoms with Crippen molar-refractivity contribution in [2.24, 2.45) is 0 Å². The summed E-state index contributed by atoms with van der Waals surface area (Å²) >= 11 is 0. The van der Waals surface area contributed by atoms with Crippen LogP contribution in [0.2, 0.25) is 0 Å². The second-order valence-electron chi connectivity index (χ2n) is 6.27. The second kappa shape index (κ2) is 9.82. The fourth-order valence-corrected chi connectivity index (χ4v) is 2.53. The molecule has 1 unspecified atom stereocenters. The number of aryl methyl sites for hydroxylation is 1. The molecule has 0 N–H and O–H groups in total. The molecule has 0 fully saturated rings. The number of esters is 2. The minimum absolute atomic E-state index is 0.355. The maximum atomic E-state index is 12.3. The van der Waals surface area contributed by atoms with Crippen molar-refractivity contribution in [2.75, 3.05) is 0 Å². The van der Waals surface area contributed by atoms with Crippen LogP contribution in [0.1, 0.15) is 29.8 Å². The third-order valence-electron chi connectivity index (χ3n) is 3.78. The number of hydrogen-bond donors (Lipinski definition) is 0. The number of ether oxygens (including phenoxy) is 2. The molecule has 0 saturated heterocycles. The monoisotopic (exact) mass is 394 g/mol. The molecule has 1 atom stereocenters. The highest BCUT2D eigenvalue weighted by Gasteiger charge is 2.13. The van der Waals surface area contributed by atoms with Gasteiger partial charge in [0.05, 0.1) is 11.1 Å². The Morgan fingerprint density at radius 3 is 2.29 bits per heavy atom. The molecule has 2 aromatic rings. The zero-order valence-electron chi connectivity index (χ0n) is 16.2. The molecule has 144 valence electrons. The molecule has 2 rings (SSSR count).